The summed E-state index contributed by atoms with van der Waals surface area (Å²) in [5.74, 6) is 1.15. The third-order valence-corrected chi connectivity index (χ3v) is 3.95. The second-order valence-corrected chi connectivity index (χ2v) is 5.73. The number of nitrogens with one attached hydrogen (secondary N) is 1. The van der Waals surface area contributed by atoms with Gasteiger partial charge in [0.05, 0.1) is 0 Å². The van der Waals surface area contributed by atoms with Gasteiger partial charge in [0, 0.05) is 37.1 Å². The Bertz CT molecular complexity index is 582. The summed E-state index contributed by atoms with van der Waals surface area (Å²) in [6.45, 7) is 5.38. The van der Waals surface area contributed by atoms with E-state index in [2.05, 4.69) is 53.1 Å². The van der Waals surface area contributed by atoms with Crippen LogP contribution in [0.4, 0.5) is 0 Å². The zero-order valence-electron chi connectivity index (χ0n) is 12.4. The van der Waals surface area contributed by atoms with Gasteiger partial charge in [-0.1, -0.05) is 13.0 Å². The van der Waals surface area contributed by atoms with Crippen LogP contribution in [-0.2, 0) is 13.0 Å². The molecular formula is C17H23N3. The molecule has 0 unspecified atom stereocenters. The lowest BCUT2D eigenvalue weighted by Crippen LogP contribution is -2.16. The fraction of sp³-hybridized carbons (Fsp3) is 0.471. The second kappa shape index (κ2) is 5.80. The van der Waals surface area contributed by atoms with Gasteiger partial charge in [-0.25, -0.2) is 4.98 Å². The predicted molar refractivity (Wildman–Crippen MR) is 82.2 cm³/mol. The molecule has 0 aliphatic heterocycles. The van der Waals surface area contributed by atoms with Crippen LogP contribution in [0, 0.1) is 6.92 Å². The molecule has 3 rings (SSSR count). The Labute approximate surface area is 121 Å². The Hall–Kier alpha value is -1.61. The van der Waals surface area contributed by atoms with E-state index in [1.165, 1.54) is 29.7 Å². The molecule has 3 heteroatoms. The van der Waals surface area contributed by atoms with Crippen molar-refractivity contribution in [2.75, 3.05) is 0 Å². The summed E-state index contributed by atoms with van der Waals surface area (Å²) in [6, 6.07) is 7.48. The molecule has 0 bridgehead atoms. The number of imidazole rings is 1. The molecule has 1 aromatic heterocycles. The fourth-order valence-electron chi connectivity index (χ4n) is 2.55. The van der Waals surface area contributed by atoms with E-state index in [9.17, 15) is 0 Å². The first kappa shape index (κ1) is 13.4. The smallest absolute Gasteiger partial charge is 0.113 e. The lowest BCUT2D eigenvalue weighted by Gasteiger charge is -2.12. The Morgan fingerprint density at radius 1 is 1.35 bits per heavy atom. The van der Waals surface area contributed by atoms with Crippen LogP contribution < -0.4 is 5.32 Å². The van der Waals surface area contributed by atoms with Crippen molar-refractivity contribution in [1.29, 1.82) is 0 Å². The van der Waals surface area contributed by atoms with Crippen molar-refractivity contribution >= 4 is 0 Å². The molecule has 1 aliphatic rings. The summed E-state index contributed by atoms with van der Waals surface area (Å²) in [6.07, 6.45) is 8.78. The SMILES string of the molecule is CCCc1nccn1-c1ccc(CNC2CC2)c(C)c1. The minimum Gasteiger partial charge on any atom is -0.310 e. The van der Waals surface area contributed by atoms with Gasteiger partial charge in [0.2, 0.25) is 0 Å². The van der Waals surface area contributed by atoms with E-state index in [1.54, 1.807) is 0 Å². The average Bonchev–Trinajstić information content (AvgIpc) is 3.16. The van der Waals surface area contributed by atoms with E-state index in [-0.39, 0.29) is 0 Å². The van der Waals surface area contributed by atoms with Crippen LogP contribution in [0.25, 0.3) is 5.69 Å². The van der Waals surface area contributed by atoms with Crippen molar-refractivity contribution in [3.8, 4) is 5.69 Å². The quantitative estimate of drug-likeness (QED) is 0.871. The van der Waals surface area contributed by atoms with Crippen LogP contribution in [0.3, 0.4) is 0 Å². The number of aryl methyl sites for hydroxylation is 2. The van der Waals surface area contributed by atoms with Crippen molar-refractivity contribution in [3.63, 3.8) is 0 Å². The molecule has 20 heavy (non-hydrogen) atoms. The van der Waals surface area contributed by atoms with E-state index in [0.29, 0.717) is 0 Å². The molecule has 1 heterocycles. The molecular weight excluding hydrogens is 246 g/mol. The summed E-state index contributed by atoms with van der Waals surface area (Å²) in [5.41, 5.74) is 3.98. The van der Waals surface area contributed by atoms with Gasteiger partial charge in [-0.3, -0.25) is 0 Å². The second-order valence-electron chi connectivity index (χ2n) is 5.73. The topological polar surface area (TPSA) is 29.9 Å². The van der Waals surface area contributed by atoms with E-state index in [4.69, 9.17) is 0 Å². The van der Waals surface area contributed by atoms with Gasteiger partial charge in [-0.05, 0) is 49.4 Å². The molecule has 1 aliphatic carbocycles. The van der Waals surface area contributed by atoms with Gasteiger partial charge in [0.15, 0.2) is 0 Å². The number of benzene rings is 1. The van der Waals surface area contributed by atoms with Crippen molar-refractivity contribution in [2.45, 2.75) is 52.1 Å². The van der Waals surface area contributed by atoms with Crippen LogP contribution in [-0.4, -0.2) is 15.6 Å². The molecule has 1 aromatic carbocycles. The maximum atomic E-state index is 4.45. The molecule has 106 valence electrons. The van der Waals surface area contributed by atoms with E-state index in [1.807, 2.05) is 6.20 Å². The van der Waals surface area contributed by atoms with Crippen LogP contribution in [0.1, 0.15) is 43.1 Å². The number of hydrogen-bond donors (Lipinski definition) is 1. The number of aromatic nitrogens is 2. The van der Waals surface area contributed by atoms with Crippen molar-refractivity contribution in [1.82, 2.24) is 14.9 Å². The highest BCUT2D eigenvalue weighted by atomic mass is 15.1. The molecule has 0 amide bonds. The number of hydrogen-bond acceptors (Lipinski definition) is 2. The van der Waals surface area contributed by atoms with Gasteiger partial charge >= 0.3 is 0 Å². The third-order valence-electron chi connectivity index (χ3n) is 3.95. The van der Waals surface area contributed by atoms with Crippen molar-refractivity contribution < 1.29 is 0 Å². The normalized spacial score (nSPS) is 14.7. The molecule has 0 saturated heterocycles. The van der Waals surface area contributed by atoms with Crippen LogP contribution in [0.2, 0.25) is 0 Å². The van der Waals surface area contributed by atoms with Gasteiger partial charge in [-0.15, -0.1) is 0 Å². The van der Waals surface area contributed by atoms with Crippen LogP contribution >= 0.6 is 0 Å². The van der Waals surface area contributed by atoms with Gasteiger partial charge in [-0.2, -0.15) is 0 Å². The zero-order chi connectivity index (χ0) is 13.9. The minimum atomic E-state index is 0.763. The van der Waals surface area contributed by atoms with E-state index in [0.717, 1.165) is 31.3 Å². The summed E-state index contributed by atoms with van der Waals surface area (Å²) >= 11 is 0. The van der Waals surface area contributed by atoms with Gasteiger partial charge < -0.3 is 9.88 Å². The summed E-state index contributed by atoms with van der Waals surface area (Å²) < 4.78 is 2.20. The molecule has 1 fully saturated rings. The first-order valence-corrected chi connectivity index (χ1v) is 7.63. The van der Waals surface area contributed by atoms with Gasteiger partial charge in [0.1, 0.15) is 5.82 Å². The van der Waals surface area contributed by atoms with Crippen molar-refractivity contribution in [2.24, 2.45) is 0 Å². The highest BCUT2D eigenvalue weighted by Gasteiger charge is 2.20. The molecule has 2 aromatic rings. The molecule has 1 saturated carbocycles. The number of nitrogens with zero attached hydrogens (tertiary/aromatic N) is 2. The Morgan fingerprint density at radius 3 is 2.90 bits per heavy atom. The van der Waals surface area contributed by atoms with Crippen LogP contribution in [0.15, 0.2) is 30.6 Å². The standard InChI is InChI=1S/C17H23N3/c1-3-4-17-18-9-10-20(17)16-8-5-14(13(2)11-16)12-19-15-6-7-15/h5,8-11,15,19H,3-4,6-7,12H2,1-2H3. The van der Waals surface area contributed by atoms with E-state index < -0.39 is 0 Å². The maximum Gasteiger partial charge on any atom is 0.113 e. The summed E-state index contributed by atoms with van der Waals surface area (Å²) in [4.78, 5) is 4.45. The Kier molecular flexibility index (Phi) is 3.88. The highest BCUT2D eigenvalue weighted by molar-refractivity contribution is 5.41. The van der Waals surface area contributed by atoms with Crippen molar-refractivity contribution in [3.05, 3.63) is 47.5 Å². The minimum absolute atomic E-state index is 0.763. The molecule has 0 atom stereocenters. The zero-order valence-corrected chi connectivity index (χ0v) is 12.4. The summed E-state index contributed by atoms with van der Waals surface area (Å²) in [7, 11) is 0. The first-order chi connectivity index (χ1) is 9.78. The number of rotatable bonds is 6. The lowest BCUT2D eigenvalue weighted by atomic mass is 10.1. The predicted octanol–water partition coefficient (Wildman–Crippen LogP) is 3.39. The highest BCUT2D eigenvalue weighted by Crippen LogP contribution is 2.21. The average molecular weight is 269 g/mol. The fourth-order valence-corrected chi connectivity index (χ4v) is 2.55. The van der Waals surface area contributed by atoms with Crippen LogP contribution in [0.5, 0.6) is 0 Å². The maximum absolute atomic E-state index is 4.45. The summed E-state index contributed by atoms with van der Waals surface area (Å²) in [5, 5.41) is 3.58. The lowest BCUT2D eigenvalue weighted by molar-refractivity contribution is 0.685. The van der Waals surface area contributed by atoms with E-state index >= 15 is 0 Å². The Morgan fingerprint density at radius 2 is 2.20 bits per heavy atom. The first-order valence-electron chi connectivity index (χ1n) is 7.63. The molecule has 0 spiro atoms. The molecule has 3 nitrogen and oxygen atoms in total. The largest absolute Gasteiger partial charge is 0.310 e. The Balaban J connectivity index is 1.79. The molecule has 0 radical (unpaired) electrons. The molecule has 1 N–H and O–H groups in total. The third kappa shape index (κ3) is 2.93. The monoisotopic (exact) mass is 269 g/mol. The van der Waals surface area contributed by atoms with Gasteiger partial charge in [0.25, 0.3) is 0 Å².